The lowest BCUT2D eigenvalue weighted by Gasteiger charge is -2.37. The minimum Gasteiger partial charge on any atom is -0.457 e. The van der Waals surface area contributed by atoms with E-state index >= 15 is 0 Å². The lowest BCUT2D eigenvalue weighted by molar-refractivity contribution is 0.0555. The second-order valence-corrected chi connectivity index (χ2v) is 9.99. The molecule has 0 unspecified atom stereocenters. The molecular weight excluding hydrogens is 503 g/mol. The maximum absolute atomic E-state index is 13.1. The maximum Gasteiger partial charge on any atom is 0.414 e. The van der Waals surface area contributed by atoms with E-state index in [4.69, 9.17) is 20.6 Å². The largest absolute Gasteiger partial charge is 0.457 e. The number of hydrogen-bond donors (Lipinski definition) is 3. The fourth-order valence-electron chi connectivity index (χ4n) is 3.97. The number of pyridine rings is 1. The molecule has 3 aromatic rings. The van der Waals surface area contributed by atoms with Crippen molar-refractivity contribution >= 4 is 23.6 Å². The van der Waals surface area contributed by atoms with E-state index < -0.39 is 17.6 Å². The van der Waals surface area contributed by atoms with Crippen LogP contribution < -0.4 is 20.7 Å². The van der Waals surface area contributed by atoms with Crippen LogP contribution >= 0.6 is 0 Å². The van der Waals surface area contributed by atoms with E-state index in [1.54, 1.807) is 56.0 Å². The van der Waals surface area contributed by atoms with Crippen molar-refractivity contribution in [3.63, 3.8) is 0 Å². The van der Waals surface area contributed by atoms with Gasteiger partial charge in [-0.3, -0.25) is 15.5 Å². The summed E-state index contributed by atoms with van der Waals surface area (Å²) < 4.78 is 24.1. The van der Waals surface area contributed by atoms with Gasteiger partial charge in [0.15, 0.2) is 0 Å². The average Bonchev–Trinajstić information content (AvgIpc) is 2.89. The quantitative estimate of drug-likeness (QED) is 0.327. The molecule has 39 heavy (non-hydrogen) atoms. The molecule has 204 valence electrons. The van der Waals surface area contributed by atoms with Crippen LogP contribution in [0.2, 0.25) is 0 Å². The van der Waals surface area contributed by atoms with Gasteiger partial charge in [-0.2, -0.15) is 0 Å². The van der Waals surface area contributed by atoms with Gasteiger partial charge in [-0.05, 0) is 81.4 Å². The molecule has 0 spiro atoms. The summed E-state index contributed by atoms with van der Waals surface area (Å²) in [7, 11) is 0. The molecule has 4 rings (SSSR count). The molecule has 1 aliphatic heterocycles. The Hall–Kier alpha value is -4.67. The minimum atomic E-state index is -0.672. The highest BCUT2D eigenvalue weighted by Crippen LogP contribution is 2.28. The number of rotatable bonds is 5. The number of hydrogen-bond acceptors (Lipinski definition) is 7. The number of nitrogens with one attached hydrogen (secondary N) is 2. The minimum absolute atomic E-state index is 0.0277. The summed E-state index contributed by atoms with van der Waals surface area (Å²) >= 11 is 0. The number of aromatic nitrogens is 1. The summed E-state index contributed by atoms with van der Waals surface area (Å²) in [6.07, 6.45) is -0.672. The molecule has 1 saturated heterocycles. The molecule has 1 aromatic heterocycles. The number of piperazine rings is 1. The van der Waals surface area contributed by atoms with Crippen molar-refractivity contribution < 1.29 is 23.5 Å². The van der Waals surface area contributed by atoms with Crippen LogP contribution in [0.25, 0.3) is 11.3 Å². The van der Waals surface area contributed by atoms with E-state index in [2.05, 4.69) is 15.2 Å². The molecular formula is C28H31FN6O4. The van der Waals surface area contributed by atoms with Crippen molar-refractivity contribution in [3.05, 3.63) is 72.2 Å². The SMILES string of the molecule is CC(C)(C)OC(=O)NC(=N)N1CCN(c2cc(C(N)=O)nc(-c3ccc(Oc4ccc(F)cc4)cc3)c2)CC1. The summed E-state index contributed by atoms with van der Waals surface area (Å²) in [6, 6.07) is 16.4. The molecule has 0 atom stereocenters. The first-order chi connectivity index (χ1) is 18.5. The van der Waals surface area contributed by atoms with Crippen LogP contribution in [0.3, 0.4) is 0 Å². The van der Waals surface area contributed by atoms with Gasteiger partial charge in [0.05, 0.1) is 5.69 Å². The van der Waals surface area contributed by atoms with Gasteiger partial charge in [0.1, 0.15) is 28.6 Å². The van der Waals surface area contributed by atoms with Crippen LogP contribution in [-0.2, 0) is 4.74 Å². The number of amides is 2. The second-order valence-electron chi connectivity index (χ2n) is 9.99. The van der Waals surface area contributed by atoms with E-state index in [1.165, 1.54) is 12.1 Å². The first kappa shape index (κ1) is 27.4. The zero-order chi connectivity index (χ0) is 28.2. The Morgan fingerprint density at radius 1 is 0.974 bits per heavy atom. The van der Waals surface area contributed by atoms with Crippen molar-refractivity contribution in [2.45, 2.75) is 26.4 Å². The number of nitrogens with zero attached hydrogens (tertiary/aromatic N) is 3. The van der Waals surface area contributed by atoms with Crippen LogP contribution in [0.15, 0.2) is 60.7 Å². The van der Waals surface area contributed by atoms with Crippen molar-refractivity contribution in [2.75, 3.05) is 31.1 Å². The van der Waals surface area contributed by atoms with Gasteiger partial charge in [0, 0.05) is 37.4 Å². The third-order valence-corrected chi connectivity index (χ3v) is 5.84. The van der Waals surface area contributed by atoms with Crippen molar-refractivity contribution in [3.8, 4) is 22.8 Å². The number of primary amides is 1. The lowest BCUT2D eigenvalue weighted by Crippen LogP contribution is -2.53. The summed E-state index contributed by atoms with van der Waals surface area (Å²) in [6.45, 7) is 7.33. The number of carbonyl (C=O) groups is 2. The predicted octanol–water partition coefficient (Wildman–Crippen LogP) is 4.36. The van der Waals surface area contributed by atoms with Gasteiger partial charge in [-0.25, -0.2) is 14.2 Å². The van der Waals surface area contributed by atoms with Crippen molar-refractivity contribution in [2.24, 2.45) is 5.73 Å². The first-order valence-corrected chi connectivity index (χ1v) is 12.4. The Kier molecular flexibility index (Phi) is 7.99. The highest BCUT2D eigenvalue weighted by atomic mass is 19.1. The number of alkyl carbamates (subject to hydrolysis) is 1. The number of ether oxygens (including phenoxy) is 2. The number of benzene rings is 2. The lowest BCUT2D eigenvalue weighted by atomic mass is 10.1. The molecule has 0 saturated carbocycles. The molecule has 0 aliphatic carbocycles. The molecule has 1 aliphatic rings. The molecule has 2 amide bonds. The van der Waals surface area contributed by atoms with Crippen LogP contribution in [0.4, 0.5) is 14.9 Å². The van der Waals surface area contributed by atoms with Gasteiger partial charge in [0.2, 0.25) is 5.96 Å². The zero-order valence-corrected chi connectivity index (χ0v) is 22.0. The summed E-state index contributed by atoms with van der Waals surface area (Å²) in [5.41, 5.74) is 7.15. The van der Waals surface area contributed by atoms with Crippen molar-refractivity contribution in [1.82, 2.24) is 15.2 Å². The first-order valence-electron chi connectivity index (χ1n) is 12.4. The van der Waals surface area contributed by atoms with Crippen LogP contribution in [0.1, 0.15) is 31.3 Å². The van der Waals surface area contributed by atoms with E-state index in [-0.39, 0.29) is 17.5 Å². The standard InChI is InChI=1S/C28H31FN6O4/c1-28(2,3)39-27(37)33-26(31)35-14-12-34(13-15-35)20-16-23(32-24(17-20)25(30)36)18-4-8-21(9-5-18)38-22-10-6-19(29)7-11-22/h4-11,16-17H,12-15H2,1-3H3,(H2,30,36)(H2,31,33,37). The highest BCUT2D eigenvalue weighted by Gasteiger charge is 2.24. The molecule has 2 heterocycles. The molecule has 0 radical (unpaired) electrons. The van der Waals surface area contributed by atoms with Gasteiger partial charge in [-0.15, -0.1) is 0 Å². The summed E-state index contributed by atoms with van der Waals surface area (Å²) in [5, 5.41) is 10.7. The number of halogens is 1. The number of guanidine groups is 1. The Balaban J connectivity index is 1.44. The van der Waals surface area contributed by atoms with Gasteiger partial charge in [-0.1, -0.05) is 0 Å². The van der Waals surface area contributed by atoms with Gasteiger partial charge < -0.3 is 25.0 Å². The molecule has 0 bridgehead atoms. The molecule has 1 fully saturated rings. The Morgan fingerprint density at radius 2 is 1.56 bits per heavy atom. The normalized spacial score (nSPS) is 13.5. The highest BCUT2D eigenvalue weighted by molar-refractivity contribution is 5.93. The van der Waals surface area contributed by atoms with E-state index in [0.717, 1.165) is 11.3 Å². The number of carbonyl (C=O) groups excluding carboxylic acids is 2. The zero-order valence-electron chi connectivity index (χ0n) is 22.0. The van der Waals surface area contributed by atoms with Crippen molar-refractivity contribution in [1.29, 1.82) is 5.41 Å². The molecule has 4 N–H and O–H groups in total. The van der Waals surface area contributed by atoms with E-state index in [0.29, 0.717) is 43.4 Å². The third kappa shape index (κ3) is 7.44. The van der Waals surface area contributed by atoms with E-state index in [9.17, 15) is 14.0 Å². The maximum atomic E-state index is 13.1. The number of anilines is 1. The van der Waals surface area contributed by atoms with Crippen LogP contribution in [-0.4, -0.2) is 59.6 Å². The third-order valence-electron chi connectivity index (χ3n) is 5.84. The smallest absolute Gasteiger partial charge is 0.414 e. The average molecular weight is 535 g/mol. The van der Waals surface area contributed by atoms with Crippen LogP contribution in [0.5, 0.6) is 11.5 Å². The number of nitrogens with two attached hydrogens (primary N) is 1. The topological polar surface area (TPSA) is 134 Å². The summed E-state index contributed by atoms with van der Waals surface area (Å²) in [4.78, 5) is 32.3. The van der Waals surface area contributed by atoms with E-state index in [1.807, 2.05) is 18.2 Å². The Bertz CT molecular complexity index is 1350. The summed E-state index contributed by atoms with van der Waals surface area (Å²) in [5.74, 6) is 0.0616. The Morgan fingerprint density at radius 3 is 2.13 bits per heavy atom. The van der Waals surface area contributed by atoms with Crippen LogP contribution in [0, 0.1) is 11.2 Å². The fourth-order valence-corrected chi connectivity index (χ4v) is 3.97. The molecule has 10 nitrogen and oxygen atoms in total. The second kappa shape index (κ2) is 11.4. The van der Waals surface area contributed by atoms with Gasteiger partial charge in [0.25, 0.3) is 5.91 Å². The Labute approximate surface area is 226 Å². The predicted molar refractivity (Wildman–Crippen MR) is 146 cm³/mol. The fraction of sp³-hybridized carbons (Fsp3) is 0.286. The molecule has 2 aromatic carbocycles. The molecule has 11 heteroatoms. The monoisotopic (exact) mass is 534 g/mol. The van der Waals surface area contributed by atoms with Gasteiger partial charge >= 0.3 is 6.09 Å².